The molecule has 1 aromatic rings. The minimum absolute atomic E-state index is 0.167. The van der Waals surface area contributed by atoms with Crippen LogP contribution in [0.15, 0.2) is 29.4 Å². The number of hydrogen-bond donors (Lipinski definition) is 1. The van der Waals surface area contributed by atoms with Crippen LogP contribution in [0.4, 0.5) is 0 Å². The minimum Gasteiger partial charge on any atom is -0.497 e. The molecule has 0 aliphatic heterocycles. The summed E-state index contributed by atoms with van der Waals surface area (Å²) in [5.74, 6) is 0.637. The Bertz CT molecular complexity index is 383. The first-order valence-corrected chi connectivity index (χ1v) is 5.15. The first-order chi connectivity index (χ1) is 7.67. The van der Waals surface area contributed by atoms with Crippen molar-refractivity contribution in [2.24, 2.45) is 5.10 Å². The van der Waals surface area contributed by atoms with Gasteiger partial charge in [-0.1, -0.05) is 6.92 Å². The lowest BCUT2D eigenvalue weighted by atomic mass is 10.1. The van der Waals surface area contributed by atoms with Crippen LogP contribution in [0.2, 0.25) is 0 Å². The number of carbonyl (C=O) groups excluding carboxylic acids is 1. The number of ether oxygens (including phenoxy) is 1. The van der Waals surface area contributed by atoms with E-state index in [0.717, 1.165) is 23.4 Å². The van der Waals surface area contributed by atoms with Crippen LogP contribution >= 0.6 is 0 Å². The fourth-order valence-electron chi connectivity index (χ4n) is 1.28. The predicted molar refractivity (Wildman–Crippen MR) is 63.6 cm³/mol. The van der Waals surface area contributed by atoms with Gasteiger partial charge in [-0.15, -0.1) is 0 Å². The van der Waals surface area contributed by atoms with Gasteiger partial charge in [0, 0.05) is 6.92 Å². The van der Waals surface area contributed by atoms with Crippen molar-refractivity contribution in [1.82, 2.24) is 5.43 Å². The van der Waals surface area contributed by atoms with Crippen LogP contribution < -0.4 is 10.2 Å². The van der Waals surface area contributed by atoms with Crippen LogP contribution in [0.5, 0.6) is 5.75 Å². The van der Waals surface area contributed by atoms with E-state index in [4.69, 9.17) is 4.74 Å². The zero-order chi connectivity index (χ0) is 12.0. The third-order valence-corrected chi connectivity index (χ3v) is 2.11. The van der Waals surface area contributed by atoms with Crippen molar-refractivity contribution in [3.8, 4) is 5.75 Å². The van der Waals surface area contributed by atoms with E-state index in [1.54, 1.807) is 7.11 Å². The molecule has 0 heterocycles. The second-order valence-corrected chi connectivity index (χ2v) is 3.31. The smallest absolute Gasteiger partial charge is 0.236 e. The third-order valence-electron chi connectivity index (χ3n) is 2.11. The fourth-order valence-corrected chi connectivity index (χ4v) is 1.28. The van der Waals surface area contributed by atoms with Gasteiger partial charge in [0.25, 0.3) is 0 Å². The molecule has 1 rings (SSSR count). The Morgan fingerprint density at radius 1 is 1.38 bits per heavy atom. The molecule has 1 N–H and O–H groups in total. The van der Waals surface area contributed by atoms with E-state index in [9.17, 15) is 4.79 Å². The summed E-state index contributed by atoms with van der Waals surface area (Å²) in [5, 5.41) is 4.04. The first-order valence-electron chi connectivity index (χ1n) is 5.15. The maximum absolute atomic E-state index is 10.8. The highest BCUT2D eigenvalue weighted by molar-refractivity contribution is 6.00. The van der Waals surface area contributed by atoms with Crippen LogP contribution in [-0.4, -0.2) is 18.7 Å². The summed E-state index contributed by atoms with van der Waals surface area (Å²) in [7, 11) is 1.63. The third kappa shape index (κ3) is 3.38. The number of methoxy groups -OCH3 is 1. The number of rotatable bonds is 4. The molecule has 16 heavy (non-hydrogen) atoms. The number of hydrazone groups is 1. The molecule has 0 aromatic heterocycles. The van der Waals surface area contributed by atoms with Gasteiger partial charge in [-0.05, 0) is 36.2 Å². The van der Waals surface area contributed by atoms with Crippen molar-refractivity contribution in [1.29, 1.82) is 0 Å². The molecular formula is C12H16N2O2. The molecule has 86 valence electrons. The van der Waals surface area contributed by atoms with Crippen molar-refractivity contribution in [2.75, 3.05) is 7.11 Å². The topological polar surface area (TPSA) is 50.7 Å². The second-order valence-electron chi connectivity index (χ2n) is 3.31. The van der Waals surface area contributed by atoms with Crippen LogP contribution in [0.25, 0.3) is 0 Å². The Kier molecular flexibility index (Phi) is 4.51. The largest absolute Gasteiger partial charge is 0.497 e. The Hall–Kier alpha value is -1.84. The van der Waals surface area contributed by atoms with Crippen molar-refractivity contribution >= 4 is 11.6 Å². The van der Waals surface area contributed by atoms with E-state index < -0.39 is 0 Å². The van der Waals surface area contributed by atoms with Crippen molar-refractivity contribution in [3.63, 3.8) is 0 Å². The number of hydrogen-bond acceptors (Lipinski definition) is 3. The van der Waals surface area contributed by atoms with Crippen LogP contribution in [0, 0.1) is 0 Å². The summed E-state index contributed by atoms with van der Waals surface area (Å²) < 4.78 is 5.07. The Morgan fingerprint density at radius 2 is 2.00 bits per heavy atom. The average molecular weight is 220 g/mol. The summed E-state index contributed by atoms with van der Waals surface area (Å²) in [4.78, 5) is 10.8. The molecule has 0 unspecified atom stereocenters. The summed E-state index contributed by atoms with van der Waals surface area (Å²) in [6.07, 6.45) is 0.757. The lowest BCUT2D eigenvalue weighted by Gasteiger charge is -2.05. The zero-order valence-corrected chi connectivity index (χ0v) is 9.78. The highest BCUT2D eigenvalue weighted by Gasteiger charge is 2.01. The quantitative estimate of drug-likeness (QED) is 0.622. The van der Waals surface area contributed by atoms with Crippen LogP contribution in [0.3, 0.4) is 0 Å². The Labute approximate surface area is 95.3 Å². The second kappa shape index (κ2) is 5.90. The van der Waals surface area contributed by atoms with Crippen molar-refractivity contribution in [3.05, 3.63) is 29.8 Å². The van der Waals surface area contributed by atoms with Gasteiger partial charge in [-0.2, -0.15) is 5.10 Å². The maximum Gasteiger partial charge on any atom is 0.236 e. The highest BCUT2D eigenvalue weighted by Crippen LogP contribution is 2.12. The molecule has 0 saturated heterocycles. The summed E-state index contributed by atoms with van der Waals surface area (Å²) in [6, 6.07) is 7.58. The molecule has 0 saturated carbocycles. The normalized spacial score (nSPS) is 11.1. The van der Waals surface area contributed by atoms with Gasteiger partial charge in [-0.3, -0.25) is 4.79 Å². The molecule has 0 radical (unpaired) electrons. The molecule has 0 aliphatic rings. The summed E-state index contributed by atoms with van der Waals surface area (Å²) in [6.45, 7) is 3.43. The number of nitrogens with zero attached hydrogens (tertiary/aromatic N) is 1. The van der Waals surface area contributed by atoms with E-state index in [1.165, 1.54) is 6.92 Å². The number of nitrogens with one attached hydrogen (secondary N) is 1. The van der Waals surface area contributed by atoms with Crippen LogP contribution in [0.1, 0.15) is 25.8 Å². The zero-order valence-electron chi connectivity index (χ0n) is 9.78. The lowest BCUT2D eigenvalue weighted by Crippen LogP contribution is -2.16. The van der Waals surface area contributed by atoms with Gasteiger partial charge >= 0.3 is 0 Å². The molecule has 0 atom stereocenters. The first kappa shape index (κ1) is 12.2. The fraction of sp³-hybridized carbons (Fsp3) is 0.333. The molecule has 4 nitrogen and oxygen atoms in total. The van der Waals surface area contributed by atoms with Gasteiger partial charge in [0.05, 0.1) is 12.8 Å². The number of carbonyl (C=O) groups is 1. The van der Waals surface area contributed by atoms with Gasteiger partial charge in [-0.25, -0.2) is 5.43 Å². The molecule has 0 spiro atoms. The number of amides is 1. The predicted octanol–water partition coefficient (Wildman–Crippen LogP) is 1.95. The Balaban J connectivity index is 2.86. The summed E-state index contributed by atoms with van der Waals surface area (Å²) >= 11 is 0. The standard InChI is InChI=1S/C12H16N2O2/c1-4-12(14-13-9(2)15)10-5-7-11(16-3)8-6-10/h5-8H,4H2,1-3H3,(H,13,15). The molecule has 4 heteroatoms. The van der Waals surface area contributed by atoms with E-state index in [1.807, 2.05) is 31.2 Å². The van der Waals surface area contributed by atoms with Gasteiger partial charge < -0.3 is 4.74 Å². The average Bonchev–Trinajstić information content (AvgIpc) is 2.30. The van der Waals surface area contributed by atoms with E-state index in [0.29, 0.717) is 0 Å². The molecule has 0 bridgehead atoms. The minimum atomic E-state index is -0.167. The molecule has 0 aliphatic carbocycles. The van der Waals surface area contributed by atoms with E-state index in [-0.39, 0.29) is 5.91 Å². The van der Waals surface area contributed by atoms with Crippen molar-refractivity contribution < 1.29 is 9.53 Å². The van der Waals surface area contributed by atoms with Gasteiger partial charge in [0.1, 0.15) is 5.75 Å². The van der Waals surface area contributed by atoms with E-state index >= 15 is 0 Å². The molecule has 0 fully saturated rings. The maximum atomic E-state index is 10.8. The molecule has 1 amide bonds. The lowest BCUT2D eigenvalue weighted by molar-refractivity contribution is -0.118. The number of benzene rings is 1. The summed E-state index contributed by atoms with van der Waals surface area (Å²) in [5.41, 5.74) is 4.27. The van der Waals surface area contributed by atoms with Crippen molar-refractivity contribution in [2.45, 2.75) is 20.3 Å². The molecule has 1 aromatic carbocycles. The van der Waals surface area contributed by atoms with Gasteiger partial charge in [0.15, 0.2) is 0 Å². The SMILES string of the molecule is CCC(=NNC(C)=O)c1ccc(OC)cc1. The van der Waals surface area contributed by atoms with Gasteiger partial charge in [0.2, 0.25) is 5.91 Å². The monoisotopic (exact) mass is 220 g/mol. The van der Waals surface area contributed by atoms with Crippen LogP contribution in [-0.2, 0) is 4.79 Å². The Morgan fingerprint density at radius 3 is 2.44 bits per heavy atom. The van der Waals surface area contributed by atoms with E-state index in [2.05, 4.69) is 10.5 Å². The highest BCUT2D eigenvalue weighted by atomic mass is 16.5. The molecular weight excluding hydrogens is 204 g/mol.